The van der Waals surface area contributed by atoms with Gasteiger partial charge in [-0.2, -0.15) is 0 Å². The zero-order valence-electron chi connectivity index (χ0n) is 8.94. The fourth-order valence-electron chi connectivity index (χ4n) is 1.97. The Bertz CT molecular complexity index is 306. The first-order valence-corrected chi connectivity index (χ1v) is 5.30. The molecule has 0 spiro atoms. The summed E-state index contributed by atoms with van der Waals surface area (Å²) >= 11 is 0. The summed E-state index contributed by atoms with van der Waals surface area (Å²) in [5.74, 6) is 1.70. The predicted molar refractivity (Wildman–Crippen MR) is 59.2 cm³/mol. The van der Waals surface area contributed by atoms with Crippen LogP contribution in [0.1, 0.15) is 11.5 Å². The maximum absolute atomic E-state index is 9.38. The van der Waals surface area contributed by atoms with Crippen molar-refractivity contribution in [2.75, 3.05) is 26.8 Å². The first-order valence-electron chi connectivity index (χ1n) is 5.30. The highest BCUT2D eigenvalue weighted by molar-refractivity contribution is 5.30. The lowest BCUT2D eigenvalue weighted by atomic mass is 9.83. The highest BCUT2D eigenvalue weighted by Gasteiger charge is 2.27. The molecule has 0 radical (unpaired) electrons. The van der Waals surface area contributed by atoms with Crippen LogP contribution in [-0.2, 0) is 0 Å². The topological polar surface area (TPSA) is 41.5 Å². The summed E-state index contributed by atoms with van der Waals surface area (Å²) in [5.41, 5.74) is 1.20. The molecule has 0 saturated carbocycles. The molecule has 3 heteroatoms. The van der Waals surface area contributed by atoms with Crippen molar-refractivity contribution in [3.63, 3.8) is 0 Å². The molecule has 15 heavy (non-hydrogen) atoms. The zero-order chi connectivity index (χ0) is 10.7. The van der Waals surface area contributed by atoms with E-state index in [0.29, 0.717) is 5.92 Å². The van der Waals surface area contributed by atoms with Gasteiger partial charge in [-0.1, -0.05) is 12.1 Å². The van der Waals surface area contributed by atoms with Crippen molar-refractivity contribution in [1.29, 1.82) is 0 Å². The van der Waals surface area contributed by atoms with E-state index in [0.717, 1.165) is 18.8 Å². The van der Waals surface area contributed by atoms with Crippen molar-refractivity contribution in [1.82, 2.24) is 5.32 Å². The van der Waals surface area contributed by atoms with Crippen LogP contribution >= 0.6 is 0 Å². The van der Waals surface area contributed by atoms with Gasteiger partial charge in [0.2, 0.25) is 0 Å². The van der Waals surface area contributed by atoms with E-state index < -0.39 is 0 Å². The molecule has 0 amide bonds. The SMILES string of the molecule is COc1ccc(C(CO)C2CNC2)cc1. The molecule has 1 fully saturated rings. The Labute approximate surface area is 90.1 Å². The van der Waals surface area contributed by atoms with Gasteiger partial charge in [-0.15, -0.1) is 0 Å². The van der Waals surface area contributed by atoms with Gasteiger partial charge in [0.05, 0.1) is 13.7 Å². The second-order valence-electron chi connectivity index (χ2n) is 3.98. The molecule has 1 aromatic rings. The van der Waals surface area contributed by atoms with Crippen molar-refractivity contribution >= 4 is 0 Å². The van der Waals surface area contributed by atoms with Crippen molar-refractivity contribution in [2.24, 2.45) is 5.92 Å². The number of aliphatic hydroxyl groups excluding tert-OH is 1. The number of hydrogen-bond acceptors (Lipinski definition) is 3. The minimum absolute atomic E-state index is 0.221. The molecule has 82 valence electrons. The Balaban J connectivity index is 2.11. The molecule has 3 nitrogen and oxygen atoms in total. The van der Waals surface area contributed by atoms with Gasteiger partial charge in [0, 0.05) is 5.92 Å². The van der Waals surface area contributed by atoms with Crippen LogP contribution in [-0.4, -0.2) is 31.9 Å². The third kappa shape index (κ3) is 2.13. The molecule has 1 unspecified atom stereocenters. The largest absolute Gasteiger partial charge is 0.497 e. The van der Waals surface area contributed by atoms with E-state index in [1.54, 1.807) is 7.11 Å². The molecule has 0 aliphatic carbocycles. The van der Waals surface area contributed by atoms with Crippen molar-refractivity contribution in [3.8, 4) is 5.75 Å². The summed E-state index contributed by atoms with van der Waals surface area (Å²) in [7, 11) is 1.66. The van der Waals surface area contributed by atoms with Gasteiger partial charge < -0.3 is 15.2 Å². The lowest BCUT2D eigenvalue weighted by molar-refractivity contribution is 0.188. The van der Waals surface area contributed by atoms with E-state index in [1.807, 2.05) is 24.3 Å². The summed E-state index contributed by atoms with van der Waals surface area (Å²) in [4.78, 5) is 0. The second kappa shape index (κ2) is 4.64. The minimum atomic E-state index is 0.221. The van der Waals surface area contributed by atoms with Crippen LogP contribution in [0.15, 0.2) is 24.3 Å². The van der Waals surface area contributed by atoms with Crippen LogP contribution in [0.3, 0.4) is 0 Å². The highest BCUT2D eigenvalue weighted by atomic mass is 16.5. The summed E-state index contributed by atoms with van der Waals surface area (Å²) in [6.07, 6.45) is 0. The molecule has 0 bridgehead atoms. The van der Waals surface area contributed by atoms with Crippen LogP contribution in [0.5, 0.6) is 5.75 Å². The summed E-state index contributed by atoms with van der Waals surface area (Å²) in [5, 5.41) is 12.6. The van der Waals surface area contributed by atoms with Crippen LogP contribution in [0, 0.1) is 5.92 Å². The molecule has 1 atom stereocenters. The average Bonchev–Trinajstić information content (AvgIpc) is 2.23. The number of rotatable bonds is 4. The average molecular weight is 207 g/mol. The molecule has 1 heterocycles. The smallest absolute Gasteiger partial charge is 0.118 e. The maximum Gasteiger partial charge on any atom is 0.118 e. The first-order chi connectivity index (χ1) is 7.35. The van der Waals surface area contributed by atoms with Crippen LogP contribution in [0.4, 0.5) is 0 Å². The van der Waals surface area contributed by atoms with E-state index in [9.17, 15) is 5.11 Å². The van der Waals surface area contributed by atoms with Gasteiger partial charge in [0.15, 0.2) is 0 Å². The van der Waals surface area contributed by atoms with Crippen LogP contribution < -0.4 is 10.1 Å². The third-order valence-corrected chi connectivity index (χ3v) is 3.12. The van der Waals surface area contributed by atoms with Crippen molar-refractivity contribution in [3.05, 3.63) is 29.8 Å². The minimum Gasteiger partial charge on any atom is -0.497 e. The molecule has 2 rings (SSSR count). The molecule has 1 aromatic carbocycles. The Hall–Kier alpha value is -1.06. The Morgan fingerprint density at radius 1 is 1.40 bits per heavy atom. The normalized spacial score (nSPS) is 18.3. The van der Waals surface area contributed by atoms with Crippen molar-refractivity contribution < 1.29 is 9.84 Å². The number of aliphatic hydroxyl groups is 1. The third-order valence-electron chi connectivity index (χ3n) is 3.12. The molecule has 2 N–H and O–H groups in total. The van der Waals surface area contributed by atoms with Crippen LogP contribution in [0.25, 0.3) is 0 Å². The van der Waals surface area contributed by atoms with Gasteiger partial charge in [0.1, 0.15) is 5.75 Å². The van der Waals surface area contributed by atoms with Gasteiger partial charge in [-0.05, 0) is 36.7 Å². The Kier molecular flexibility index (Phi) is 3.23. The number of ether oxygens (including phenoxy) is 1. The zero-order valence-corrected chi connectivity index (χ0v) is 8.94. The molecular formula is C12H17NO2. The first kappa shape index (κ1) is 10.5. The molecular weight excluding hydrogens is 190 g/mol. The number of methoxy groups -OCH3 is 1. The lowest BCUT2D eigenvalue weighted by Gasteiger charge is -2.34. The lowest BCUT2D eigenvalue weighted by Crippen LogP contribution is -2.46. The fourth-order valence-corrected chi connectivity index (χ4v) is 1.97. The summed E-state index contributed by atoms with van der Waals surface area (Å²) < 4.78 is 5.11. The van der Waals surface area contributed by atoms with Crippen molar-refractivity contribution in [2.45, 2.75) is 5.92 Å². The van der Waals surface area contributed by atoms with E-state index in [4.69, 9.17) is 4.74 Å². The second-order valence-corrected chi connectivity index (χ2v) is 3.98. The quantitative estimate of drug-likeness (QED) is 0.773. The number of benzene rings is 1. The molecule has 0 aromatic heterocycles. The summed E-state index contributed by atoms with van der Waals surface area (Å²) in [6, 6.07) is 7.98. The number of nitrogens with one attached hydrogen (secondary N) is 1. The fraction of sp³-hybridized carbons (Fsp3) is 0.500. The highest BCUT2D eigenvalue weighted by Crippen LogP contribution is 2.28. The number of hydrogen-bond donors (Lipinski definition) is 2. The van der Waals surface area contributed by atoms with E-state index in [-0.39, 0.29) is 12.5 Å². The predicted octanol–water partition coefficient (Wildman–Crippen LogP) is 0.991. The van der Waals surface area contributed by atoms with E-state index in [2.05, 4.69) is 5.32 Å². The summed E-state index contributed by atoms with van der Waals surface area (Å²) in [6.45, 7) is 2.24. The standard InChI is InChI=1S/C12H17NO2/c1-15-11-4-2-9(3-5-11)12(8-14)10-6-13-7-10/h2-5,10,12-14H,6-8H2,1H3. The molecule has 1 saturated heterocycles. The van der Waals surface area contributed by atoms with Crippen LogP contribution in [0.2, 0.25) is 0 Å². The van der Waals surface area contributed by atoms with Gasteiger partial charge >= 0.3 is 0 Å². The maximum atomic E-state index is 9.38. The van der Waals surface area contributed by atoms with Gasteiger partial charge in [0.25, 0.3) is 0 Å². The molecule has 1 aliphatic heterocycles. The Morgan fingerprint density at radius 3 is 2.47 bits per heavy atom. The van der Waals surface area contributed by atoms with E-state index in [1.165, 1.54) is 5.56 Å². The monoisotopic (exact) mass is 207 g/mol. The van der Waals surface area contributed by atoms with Gasteiger partial charge in [-0.25, -0.2) is 0 Å². The van der Waals surface area contributed by atoms with Gasteiger partial charge in [-0.3, -0.25) is 0 Å². The molecule has 1 aliphatic rings. The Morgan fingerprint density at radius 2 is 2.07 bits per heavy atom. The van der Waals surface area contributed by atoms with E-state index >= 15 is 0 Å².